The molecule has 0 radical (unpaired) electrons. The van der Waals surface area contributed by atoms with Crippen LogP contribution < -0.4 is 0 Å². The molecule has 0 nitrogen and oxygen atoms in total. The van der Waals surface area contributed by atoms with Crippen LogP contribution in [0, 0.1) is 30.4 Å². The van der Waals surface area contributed by atoms with E-state index in [9.17, 15) is 8.78 Å². The Balaban J connectivity index is 1.63. The number of hydrogen-bond donors (Lipinski definition) is 0. The summed E-state index contributed by atoms with van der Waals surface area (Å²) in [6, 6.07) is 3.51. The van der Waals surface area contributed by atoms with Gasteiger partial charge in [0, 0.05) is 0 Å². The highest BCUT2D eigenvalue weighted by Gasteiger charge is 2.28. The summed E-state index contributed by atoms with van der Waals surface area (Å²) in [7, 11) is 0. The highest BCUT2D eigenvalue weighted by atomic mass is 19.2. The molecular weight excluding hydrogens is 290 g/mol. The fourth-order valence-electron chi connectivity index (χ4n) is 4.40. The van der Waals surface area contributed by atoms with Gasteiger partial charge < -0.3 is 0 Å². The first-order chi connectivity index (χ1) is 11.1. The van der Waals surface area contributed by atoms with Gasteiger partial charge >= 0.3 is 0 Å². The predicted molar refractivity (Wildman–Crippen MR) is 91.5 cm³/mol. The van der Waals surface area contributed by atoms with Crippen LogP contribution in [0.4, 0.5) is 8.78 Å². The maximum atomic E-state index is 14.2. The SMILES string of the molecule is CCC1CC=C(C2CCC(c3ccc(C)c(F)c3F)CC2)CC1. The van der Waals surface area contributed by atoms with Crippen molar-refractivity contribution >= 4 is 0 Å². The van der Waals surface area contributed by atoms with Crippen molar-refractivity contribution in [3.05, 3.63) is 46.5 Å². The molecule has 0 amide bonds. The Kier molecular flexibility index (Phi) is 5.18. The summed E-state index contributed by atoms with van der Waals surface area (Å²) in [6.07, 6.45) is 11.8. The molecule has 0 aromatic heterocycles. The number of benzene rings is 1. The molecule has 23 heavy (non-hydrogen) atoms. The third-order valence-corrected chi connectivity index (χ3v) is 6.13. The average molecular weight is 318 g/mol. The molecule has 2 aliphatic rings. The van der Waals surface area contributed by atoms with Crippen molar-refractivity contribution in [2.75, 3.05) is 0 Å². The number of aryl methyl sites for hydroxylation is 1. The molecule has 1 atom stereocenters. The van der Waals surface area contributed by atoms with Crippen LogP contribution in [-0.4, -0.2) is 0 Å². The minimum Gasteiger partial charge on any atom is -0.203 e. The fraction of sp³-hybridized carbons (Fsp3) is 0.619. The number of rotatable bonds is 3. The van der Waals surface area contributed by atoms with E-state index in [4.69, 9.17) is 0 Å². The second kappa shape index (κ2) is 7.15. The molecule has 1 fully saturated rings. The van der Waals surface area contributed by atoms with Gasteiger partial charge in [-0.25, -0.2) is 8.78 Å². The summed E-state index contributed by atoms with van der Waals surface area (Å²) < 4.78 is 28.0. The van der Waals surface area contributed by atoms with Gasteiger partial charge in [-0.15, -0.1) is 0 Å². The van der Waals surface area contributed by atoms with Crippen LogP contribution in [0.25, 0.3) is 0 Å². The lowest BCUT2D eigenvalue weighted by atomic mass is 9.72. The summed E-state index contributed by atoms with van der Waals surface area (Å²) in [5, 5.41) is 0. The van der Waals surface area contributed by atoms with Crippen molar-refractivity contribution < 1.29 is 8.78 Å². The van der Waals surface area contributed by atoms with Crippen molar-refractivity contribution in [3.63, 3.8) is 0 Å². The molecule has 1 unspecified atom stereocenters. The van der Waals surface area contributed by atoms with Crippen molar-refractivity contribution in [2.24, 2.45) is 11.8 Å². The Morgan fingerprint density at radius 3 is 2.26 bits per heavy atom. The largest absolute Gasteiger partial charge is 0.203 e. The first-order valence-electron chi connectivity index (χ1n) is 9.23. The van der Waals surface area contributed by atoms with Crippen LogP contribution in [0.1, 0.15) is 75.3 Å². The van der Waals surface area contributed by atoms with Gasteiger partial charge in [-0.05, 0) is 80.8 Å². The smallest absolute Gasteiger partial charge is 0.162 e. The second-order valence-corrected chi connectivity index (χ2v) is 7.48. The minimum atomic E-state index is -0.662. The van der Waals surface area contributed by atoms with E-state index in [2.05, 4.69) is 13.0 Å². The molecule has 126 valence electrons. The van der Waals surface area contributed by atoms with E-state index >= 15 is 0 Å². The van der Waals surface area contributed by atoms with Gasteiger partial charge in [0.05, 0.1) is 0 Å². The lowest BCUT2D eigenvalue weighted by Crippen LogP contribution is -2.18. The summed E-state index contributed by atoms with van der Waals surface area (Å²) >= 11 is 0. The molecule has 0 spiro atoms. The molecule has 1 aromatic carbocycles. The minimum absolute atomic E-state index is 0.189. The van der Waals surface area contributed by atoms with E-state index in [1.165, 1.54) is 25.7 Å². The van der Waals surface area contributed by atoms with E-state index in [1.54, 1.807) is 24.6 Å². The Labute approximate surface area is 139 Å². The van der Waals surface area contributed by atoms with Crippen LogP contribution in [0.5, 0.6) is 0 Å². The summed E-state index contributed by atoms with van der Waals surface area (Å²) in [5.74, 6) is 0.470. The molecule has 0 aliphatic heterocycles. The van der Waals surface area contributed by atoms with Crippen LogP contribution in [0.3, 0.4) is 0 Å². The monoisotopic (exact) mass is 318 g/mol. The maximum Gasteiger partial charge on any atom is 0.162 e. The number of hydrogen-bond acceptors (Lipinski definition) is 0. The molecule has 2 aliphatic carbocycles. The molecule has 0 heterocycles. The quantitative estimate of drug-likeness (QED) is 0.545. The van der Waals surface area contributed by atoms with Gasteiger partial charge in [-0.1, -0.05) is 37.1 Å². The van der Waals surface area contributed by atoms with E-state index in [0.29, 0.717) is 17.0 Å². The summed E-state index contributed by atoms with van der Waals surface area (Å²) in [4.78, 5) is 0. The number of allylic oxidation sites excluding steroid dienone is 2. The topological polar surface area (TPSA) is 0 Å². The van der Waals surface area contributed by atoms with Gasteiger partial charge in [-0.3, -0.25) is 0 Å². The van der Waals surface area contributed by atoms with E-state index in [-0.39, 0.29) is 5.92 Å². The Morgan fingerprint density at radius 1 is 0.957 bits per heavy atom. The van der Waals surface area contributed by atoms with Crippen molar-refractivity contribution in [1.29, 1.82) is 0 Å². The van der Waals surface area contributed by atoms with E-state index in [1.807, 2.05) is 0 Å². The Bertz CT molecular complexity index is 580. The first-order valence-corrected chi connectivity index (χ1v) is 9.23. The third kappa shape index (κ3) is 3.51. The Hall–Kier alpha value is -1.18. The molecule has 1 saturated carbocycles. The van der Waals surface area contributed by atoms with Crippen molar-refractivity contribution in [2.45, 2.75) is 71.1 Å². The van der Waals surface area contributed by atoms with Crippen LogP contribution in [-0.2, 0) is 0 Å². The lowest BCUT2D eigenvalue weighted by molar-refractivity contribution is 0.332. The lowest BCUT2D eigenvalue weighted by Gasteiger charge is -2.33. The van der Waals surface area contributed by atoms with Crippen LogP contribution >= 0.6 is 0 Å². The molecule has 0 N–H and O–H groups in total. The van der Waals surface area contributed by atoms with Gasteiger partial charge in [0.25, 0.3) is 0 Å². The molecule has 2 heteroatoms. The highest BCUT2D eigenvalue weighted by molar-refractivity contribution is 5.29. The van der Waals surface area contributed by atoms with E-state index < -0.39 is 11.6 Å². The average Bonchev–Trinajstić information content (AvgIpc) is 2.60. The number of halogens is 2. The summed E-state index contributed by atoms with van der Waals surface area (Å²) in [5.41, 5.74) is 2.64. The van der Waals surface area contributed by atoms with Crippen LogP contribution in [0.15, 0.2) is 23.8 Å². The van der Waals surface area contributed by atoms with Crippen molar-refractivity contribution in [3.8, 4) is 0 Å². The zero-order chi connectivity index (χ0) is 16.4. The molecule has 1 aromatic rings. The van der Waals surface area contributed by atoms with Gasteiger partial charge in [-0.2, -0.15) is 0 Å². The van der Waals surface area contributed by atoms with Gasteiger partial charge in [0.2, 0.25) is 0 Å². The molecular formula is C21H28F2. The first kappa shape index (κ1) is 16.7. The summed E-state index contributed by atoms with van der Waals surface area (Å²) in [6.45, 7) is 3.90. The van der Waals surface area contributed by atoms with Gasteiger partial charge in [0.1, 0.15) is 0 Å². The standard InChI is InChI=1S/C21H28F2/c1-3-15-5-7-16(8-6-15)17-9-11-18(12-10-17)19-13-4-14(2)20(22)21(19)23/h4,7,13,15,17-18H,3,5-6,8-12H2,1-2H3. The van der Waals surface area contributed by atoms with Crippen molar-refractivity contribution in [1.82, 2.24) is 0 Å². The van der Waals surface area contributed by atoms with Gasteiger partial charge in [0.15, 0.2) is 11.6 Å². The fourth-order valence-corrected chi connectivity index (χ4v) is 4.40. The maximum absolute atomic E-state index is 14.2. The van der Waals surface area contributed by atoms with E-state index in [0.717, 1.165) is 31.6 Å². The second-order valence-electron chi connectivity index (χ2n) is 7.48. The zero-order valence-electron chi connectivity index (χ0n) is 14.4. The normalized spacial score (nSPS) is 28.5. The molecule has 0 bridgehead atoms. The highest BCUT2D eigenvalue weighted by Crippen LogP contribution is 2.42. The Morgan fingerprint density at radius 2 is 1.65 bits per heavy atom. The molecule has 0 saturated heterocycles. The zero-order valence-corrected chi connectivity index (χ0v) is 14.4. The van der Waals surface area contributed by atoms with Crippen LogP contribution in [0.2, 0.25) is 0 Å². The molecule has 3 rings (SSSR count). The third-order valence-electron chi connectivity index (χ3n) is 6.13. The predicted octanol–water partition coefficient (Wildman–Crippen LogP) is 6.68.